The maximum absolute atomic E-state index is 2.61. The Morgan fingerprint density at radius 3 is 1.67 bits per heavy atom. The molecule has 0 aromatic heterocycles. The summed E-state index contributed by atoms with van der Waals surface area (Å²) in [5, 5.41) is 9.49. The Balaban J connectivity index is 1.31. The van der Waals surface area contributed by atoms with Gasteiger partial charge in [-0.05, 0) is 99.3 Å². The highest BCUT2D eigenvalue weighted by Gasteiger charge is 2.48. The van der Waals surface area contributed by atoms with Crippen LogP contribution in [0.1, 0.15) is 25.0 Å². The number of benzene rings is 6. The first-order chi connectivity index (χ1) is 20.6. The Labute approximate surface area is 257 Å². The molecule has 6 aromatic carbocycles. The lowest BCUT2D eigenvalue weighted by atomic mass is 9.81. The summed E-state index contributed by atoms with van der Waals surface area (Å²) < 4.78 is 0. The second-order valence-corrected chi connectivity index (χ2v) is 23.1. The highest BCUT2D eigenvalue weighted by molar-refractivity contribution is 7.13. The smallest absolute Gasteiger partial charge is 0.0623 e. The summed E-state index contributed by atoms with van der Waals surface area (Å²) in [6.45, 7) is 15.2. The van der Waals surface area contributed by atoms with Gasteiger partial charge in [0.25, 0.3) is 0 Å². The van der Waals surface area contributed by atoms with Crippen LogP contribution in [-0.2, 0) is 5.41 Å². The Morgan fingerprint density at radius 2 is 0.953 bits per heavy atom. The number of rotatable bonds is 1. The Bertz CT molecular complexity index is 2210. The third kappa shape index (κ3) is 3.06. The van der Waals surface area contributed by atoms with Crippen LogP contribution < -0.4 is 20.7 Å². The lowest BCUT2D eigenvalue weighted by Gasteiger charge is -2.29. The van der Waals surface area contributed by atoms with E-state index in [9.17, 15) is 0 Å². The normalized spacial score (nSPS) is 17.2. The molecule has 0 saturated carbocycles. The van der Waals surface area contributed by atoms with E-state index in [-0.39, 0.29) is 5.41 Å². The Kier molecular flexibility index (Phi) is 4.83. The van der Waals surface area contributed by atoms with E-state index in [1.807, 2.05) is 0 Å². The molecule has 0 N–H and O–H groups in total. The molecule has 2 heteroatoms. The molecular formula is C41H36Si2. The lowest BCUT2D eigenvalue weighted by Crippen LogP contribution is -2.63. The van der Waals surface area contributed by atoms with E-state index >= 15 is 0 Å². The van der Waals surface area contributed by atoms with E-state index in [0.717, 1.165) is 0 Å². The first kappa shape index (κ1) is 25.5. The van der Waals surface area contributed by atoms with Crippen molar-refractivity contribution in [1.82, 2.24) is 0 Å². The summed E-state index contributed by atoms with van der Waals surface area (Å²) in [4.78, 5) is 0. The maximum Gasteiger partial charge on any atom is 0.113 e. The van der Waals surface area contributed by atoms with E-state index in [1.165, 1.54) is 66.4 Å². The fourth-order valence-corrected chi connectivity index (χ4v) is 17.6. The predicted molar refractivity (Wildman–Crippen MR) is 191 cm³/mol. The summed E-state index contributed by atoms with van der Waals surface area (Å²) in [6, 6.07) is 42.2. The van der Waals surface area contributed by atoms with Crippen LogP contribution in [0.5, 0.6) is 0 Å². The van der Waals surface area contributed by atoms with Gasteiger partial charge in [-0.25, -0.2) is 0 Å². The van der Waals surface area contributed by atoms with Crippen LogP contribution in [0, 0.1) is 0 Å². The van der Waals surface area contributed by atoms with Gasteiger partial charge in [-0.1, -0.05) is 137 Å². The SMILES string of the molecule is CC1(C)c2ccccc2-c2ccc(-c3ccc4c(c3)-c3c(c5c(c6ccccc36)-c3ccccc3[Si]5(C)C)[Si]4(C)C)cc21. The molecule has 43 heavy (non-hydrogen) atoms. The van der Waals surface area contributed by atoms with Gasteiger partial charge in [0.05, 0.1) is 0 Å². The minimum absolute atomic E-state index is 0.00212. The van der Waals surface area contributed by atoms with Crippen molar-refractivity contribution in [2.75, 3.05) is 0 Å². The molecule has 0 spiro atoms. The standard InChI is InChI=1S/C41H36Si2/c1-41(2)33-17-11-9-13-27(33)28-21-19-26(24-34(28)41)25-20-22-36-32(23-25)38-30-15-8-7-14-29(30)37-31-16-10-12-18-35(31)42(3,4)39(37)40(38)43(36,5)6/h7-24H,1-6H3. The maximum atomic E-state index is 2.61. The third-order valence-electron chi connectivity index (χ3n) is 11.2. The van der Waals surface area contributed by atoms with Gasteiger partial charge in [0, 0.05) is 5.41 Å². The average Bonchev–Trinajstić information content (AvgIpc) is 3.50. The van der Waals surface area contributed by atoms with Crippen LogP contribution in [0.3, 0.4) is 0 Å². The van der Waals surface area contributed by atoms with Crippen molar-refractivity contribution in [1.29, 1.82) is 0 Å². The van der Waals surface area contributed by atoms with Crippen molar-refractivity contribution in [3.8, 4) is 44.5 Å². The van der Waals surface area contributed by atoms with Gasteiger partial charge in [-0.3, -0.25) is 0 Å². The van der Waals surface area contributed by atoms with Gasteiger partial charge in [0.15, 0.2) is 0 Å². The summed E-state index contributed by atoms with van der Waals surface area (Å²) >= 11 is 0. The zero-order chi connectivity index (χ0) is 29.5. The highest BCUT2D eigenvalue weighted by atomic mass is 28.3. The van der Waals surface area contributed by atoms with Crippen LogP contribution in [-0.4, -0.2) is 16.1 Å². The lowest BCUT2D eigenvalue weighted by molar-refractivity contribution is 0.660. The largest absolute Gasteiger partial charge is 0.113 e. The summed E-state index contributed by atoms with van der Waals surface area (Å²) in [5.74, 6) is 0. The van der Waals surface area contributed by atoms with E-state index < -0.39 is 16.1 Å². The second kappa shape index (κ2) is 8.13. The fraction of sp³-hybridized carbons (Fsp3) is 0.171. The first-order valence-electron chi connectivity index (χ1n) is 15.7. The van der Waals surface area contributed by atoms with Crippen molar-refractivity contribution in [3.05, 3.63) is 120 Å². The summed E-state index contributed by atoms with van der Waals surface area (Å²) in [6.07, 6.45) is 0. The molecule has 208 valence electrons. The van der Waals surface area contributed by atoms with Crippen molar-refractivity contribution in [2.45, 2.75) is 45.5 Å². The summed E-state index contributed by atoms with van der Waals surface area (Å²) in [5.41, 5.74) is 14.3. The molecule has 0 bridgehead atoms. The minimum Gasteiger partial charge on any atom is -0.0623 e. The van der Waals surface area contributed by atoms with Gasteiger partial charge in [-0.15, -0.1) is 0 Å². The van der Waals surface area contributed by atoms with Crippen LogP contribution in [0.25, 0.3) is 55.3 Å². The predicted octanol–water partition coefficient (Wildman–Crippen LogP) is 8.42. The zero-order valence-electron chi connectivity index (χ0n) is 25.9. The average molecular weight is 585 g/mol. The minimum atomic E-state index is -1.96. The van der Waals surface area contributed by atoms with Crippen LogP contribution in [0.2, 0.25) is 26.2 Å². The van der Waals surface area contributed by atoms with Crippen molar-refractivity contribution in [2.24, 2.45) is 0 Å². The Hall–Kier alpha value is -3.99. The third-order valence-corrected chi connectivity index (χ3v) is 18.5. The van der Waals surface area contributed by atoms with Crippen LogP contribution >= 0.6 is 0 Å². The highest BCUT2D eigenvalue weighted by Crippen LogP contribution is 2.50. The molecule has 3 aliphatic rings. The monoisotopic (exact) mass is 584 g/mol. The summed E-state index contributed by atoms with van der Waals surface area (Å²) in [7, 11) is -3.84. The molecule has 0 nitrogen and oxygen atoms in total. The van der Waals surface area contributed by atoms with Crippen LogP contribution in [0.4, 0.5) is 0 Å². The van der Waals surface area contributed by atoms with E-state index in [2.05, 4.69) is 149 Å². The molecule has 0 amide bonds. The molecule has 0 atom stereocenters. The van der Waals surface area contributed by atoms with E-state index in [1.54, 1.807) is 20.7 Å². The molecule has 0 unspecified atom stereocenters. The van der Waals surface area contributed by atoms with Gasteiger partial charge in [-0.2, -0.15) is 0 Å². The molecule has 0 saturated heterocycles. The molecule has 1 aliphatic carbocycles. The number of hydrogen-bond donors (Lipinski definition) is 0. The topological polar surface area (TPSA) is 0 Å². The quantitative estimate of drug-likeness (QED) is 0.170. The molecule has 2 heterocycles. The van der Waals surface area contributed by atoms with Gasteiger partial charge in [0.1, 0.15) is 16.1 Å². The van der Waals surface area contributed by atoms with E-state index in [4.69, 9.17) is 0 Å². The van der Waals surface area contributed by atoms with E-state index in [0.29, 0.717) is 0 Å². The molecule has 0 fully saturated rings. The van der Waals surface area contributed by atoms with Crippen LogP contribution in [0.15, 0.2) is 109 Å². The molecule has 6 aromatic rings. The number of hydrogen-bond acceptors (Lipinski definition) is 0. The first-order valence-corrected chi connectivity index (χ1v) is 21.7. The van der Waals surface area contributed by atoms with Crippen molar-refractivity contribution in [3.63, 3.8) is 0 Å². The number of fused-ring (bicyclic) bond motifs is 13. The molecule has 0 radical (unpaired) electrons. The van der Waals surface area contributed by atoms with Gasteiger partial charge < -0.3 is 0 Å². The molecule has 2 aliphatic heterocycles. The van der Waals surface area contributed by atoms with Gasteiger partial charge in [0.2, 0.25) is 0 Å². The van der Waals surface area contributed by atoms with Crippen molar-refractivity contribution >= 4 is 47.7 Å². The van der Waals surface area contributed by atoms with Gasteiger partial charge >= 0.3 is 0 Å². The van der Waals surface area contributed by atoms with Crippen molar-refractivity contribution < 1.29 is 0 Å². The fourth-order valence-electron chi connectivity index (χ4n) is 9.12. The Morgan fingerprint density at radius 1 is 0.442 bits per heavy atom. The molecular weight excluding hydrogens is 549 g/mol. The molecule has 9 rings (SSSR count). The second-order valence-electron chi connectivity index (χ2n) is 14.5. The zero-order valence-corrected chi connectivity index (χ0v) is 27.9.